The number of hydrogen-bond acceptors (Lipinski definition) is 4. The van der Waals surface area contributed by atoms with Crippen LogP contribution in [0.25, 0.3) is 0 Å². The second kappa shape index (κ2) is 13.3. The lowest BCUT2D eigenvalue weighted by atomic mass is 9.98. The summed E-state index contributed by atoms with van der Waals surface area (Å²) < 4.78 is 5.40. The van der Waals surface area contributed by atoms with E-state index >= 15 is 0 Å². The van der Waals surface area contributed by atoms with Crippen molar-refractivity contribution < 1.29 is 19.1 Å². The number of carbonyl (C=O) groups excluding carboxylic acids is 3. The third-order valence-electron chi connectivity index (χ3n) is 5.74. The van der Waals surface area contributed by atoms with Gasteiger partial charge in [0.1, 0.15) is 17.7 Å². The highest BCUT2D eigenvalue weighted by atomic mass is 35.5. The average molecular weight is 540 g/mol. The topological polar surface area (TPSA) is 87.7 Å². The summed E-state index contributed by atoms with van der Waals surface area (Å²) in [6, 6.07) is 10.3. The van der Waals surface area contributed by atoms with Crippen LogP contribution in [0.1, 0.15) is 70.7 Å². The van der Waals surface area contributed by atoms with E-state index in [-0.39, 0.29) is 12.5 Å². The van der Waals surface area contributed by atoms with E-state index in [4.69, 9.17) is 22.8 Å². The number of hydrogen-bond donors (Lipinski definition) is 2. The molecule has 7 nitrogen and oxygen atoms in total. The van der Waals surface area contributed by atoms with Gasteiger partial charge < -0.3 is 20.3 Å². The molecule has 2 aromatic carbocycles. The predicted octanol–water partition coefficient (Wildman–Crippen LogP) is 6.10. The molecule has 2 atom stereocenters. The number of carbonyl (C=O) groups is 3. The largest absolute Gasteiger partial charge is 0.444 e. The molecule has 2 N–H and O–H groups in total. The number of nitrogens with one attached hydrogen (secondary N) is 2. The summed E-state index contributed by atoms with van der Waals surface area (Å²) in [6.07, 6.45) is 5.19. The zero-order valence-electron chi connectivity index (χ0n) is 23.2. The summed E-state index contributed by atoms with van der Waals surface area (Å²) in [5, 5.41) is 6.02. The first-order valence-corrected chi connectivity index (χ1v) is 13.1. The lowest BCUT2D eigenvalue weighted by Crippen LogP contribution is -2.52. The first-order chi connectivity index (χ1) is 17.8. The molecule has 0 heterocycles. The summed E-state index contributed by atoms with van der Waals surface area (Å²) in [4.78, 5) is 41.8. The van der Waals surface area contributed by atoms with E-state index in [1.807, 2.05) is 26.8 Å². The van der Waals surface area contributed by atoms with Gasteiger partial charge in [-0.05, 0) is 76.3 Å². The summed E-state index contributed by atoms with van der Waals surface area (Å²) >= 11 is 6.38. The number of amides is 3. The number of benzene rings is 2. The first-order valence-electron chi connectivity index (χ1n) is 12.7. The molecule has 0 aliphatic carbocycles. The normalized spacial score (nSPS) is 12.7. The molecule has 0 aromatic heterocycles. The second-order valence-corrected chi connectivity index (χ2v) is 10.9. The van der Waals surface area contributed by atoms with Crippen molar-refractivity contribution >= 4 is 35.2 Å². The number of terminal acetylenes is 1. The minimum atomic E-state index is -1.01. The summed E-state index contributed by atoms with van der Waals surface area (Å²) in [6.45, 7) is 13.0. The highest BCUT2D eigenvalue weighted by Crippen LogP contribution is 2.29. The number of rotatable bonds is 9. The van der Waals surface area contributed by atoms with Crippen molar-refractivity contribution in [1.82, 2.24) is 10.2 Å². The van der Waals surface area contributed by atoms with Crippen molar-refractivity contribution in [1.29, 1.82) is 0 Å². The number of anilines is 1. The lowest BCUT2D eigenvalue weighted by Gasteiger charge is -2.34. The number of aryl methyl sites for hydroxylation is 1. The van der Waals surface area contributed by atoms with Crippen LogP contribution in [-0.2, 0) is 14.3 Å². The van der Waals surface area contributed by atoms with Crippen molar-refractivity contribution in [2.45, 2.75) is 72.6 Å². The molecule has 0 aliphatic rings. The zero-order chi connectivity index (χ0) is 28.6. The third-order valence-corrected chi connectivity index (χ3v) is 6.06. The number of para-hydroxylation sites is 1. The van der Waals surface area contributed by atoms with Gasteiger partial charge in [-0.1, -0.05) is 55.6 Å². The van der Waals surface area contributed by atoms with Crippen molar-refractivity contribution in [3.05, 3.63) is 64.2 Å². The first kappa shape index (κ1) is 30.7. The van der Waals surface area contributed by atoms with Crippen LogP contribution >= 0.6 is 11.6 Å². The van der Waals surface area contributed by atoms with Crippen molar-refractivity contribution in [3.63, 3.8) is 0 Å². The minimum Gasteiger partial charge on any atom is -0.444 e. The van der Waals surface area contributed by atoms with Crippen LogP contribution in [0.2, 0.25) is 5.02 Å². The van der Waals surface area contributed by atoms with Gasteiger partial charge in [0, 0.05) is 12.1 Å². The molecule has 8 heteroatoms. The van der Waals surface area contributed by atoms with Crippen LogP contribution < -0.4 is 10.6 Å². The average Bonchev–Trinajstić information content (AvgIpc) is 2.82. The number of alkyl carbamates (subject to hydrolysis) is 1. The SMILES string of the molecule is C#Cc1ccc(C(C(=O)Nc2c(C)cccc2Cl)N(CC)C(=O)C(CC(C)C)NC(=O)OC(C)(C)C)cc1. The van der Waals surface area contributed by atoms with Crippen LogP contribution in [-0.4, -0.2) is 41.0 Å². The molecule has 0 fully saturated rings. The van der Waals surface area contributed by atoms with Crippen molar-refractivity contribution in [2.24, 2.45) is 5.92 Å². The Kier molecular flexibility index (Phi) is 10.8. The molecule has 204 valence electrons. The molecule has 0 bridgehead atoms. The number of likely N-dealkylation sites (N-methyl/N-ethyl adjacent to an activating group) is 1. The van der Waals surface area contributed by atoms with E-state index in [9.17, 15) is 14.4 Å². The Hall–Kier alpha value is -3.50. The van der Waals surface area contributed by atoms with Crippen molar-refractivity contribution in [3.8, 4) is 12.3 Å². The fourth-order valence-electron chi connectivity index (χ4n) is 4.02. The second-order valence-electron chi connectivity index (χ2n) is 10.5. The van der Waals surface area contributed by atoms with Crippen LogP contribution in [0.15, 0.2) is 42.5 Å². The van der Waals surface area contributed by atoms with Crippen LogP contribution in [0.4, 0.5) is 10.5 Å². The standard InChI is InChI=1S/C30H38ClN3O4/c1-9-21-14-16-22(17-15-21)26(27(35)33-25-20(5)12-11-13-23(25)31)34(10-2)28(36)24(18-19(3)4)32-29(37)38-30(6,7)8/h1,11-17,19,24,26H,10,18H2,2-8H3,(H,32,37)(H,33,35). The van der Waals surface area contributed by atoms with E-state index < -0.39 is 35.6 Å². The van der Waals surface area contributed by atoms with Gasteiger partial charge in [0.25, 0.3) is 5.91 Å². The van der Waals surface area contributed by atoms with E-state index in [0.717, 1.165) is 5.56 Å². The Morgan fingerprint density at radius 1 is 1.11 bits per heavy atom. The maximum absolute atomic E-state index is 14.0. The molecule has 0 radical (unpaired) electrons. The van der Waals surface area contributed by atoms with Gasteiger partial charge in [-0.3, -0.25) is 9.59 Å². The molecule has 0 spiro atoms. The summed E-state index contributed by atoms with van der Waals surface area (Å²) in [7, 11) is 0. The van der Waals surface area contributed by atoms with Gasteiger partial charge in [-0.2, -0.15) is 0 Å². The van der Waals surface area contributed by atoms with Gasteiger partial charge in [0.2, 0.25) is 5.91 Å². The Labute approximate surface area is 231 Å². The lowest BCUT2D eigenvalue weighted by molar-refractivity contribution is -0.140. The van der Waals surface area contributed by atoms with E-state index in [2.05, 4.69) is 16.6 Å². The molecule has 0 saturated carbocycles. The maximum atomic E-state index is 14.0. The minimum absolute atomic E-state index is 0.0885. The predicted molar refractivity (Wildman–Crippen MR) is 152 cm³/mol. The van der Waals surface area contributed by atoms with Crippen molar-refractivity contribution in [2.75, 3.05) is 11.9 Å². The molecule has 0 aliphatic heterocycles. The molecule has 2 rings (SSSR count). The number of nitrogens with zero attached hydrogens (tertiary/aromatic N) is 1. The molecule has 0 saturated heterocycles. The van der Waals surface area contributed by atoms with Crippen LogP contribution in [0, 0.1) is 25.2 Å². The Bertz CT molecular complexity index is 1160. The third kappa shape index (κ3) is 8.53. The molecular weight excluding hydrogens is 502 g/mol. The molecule has 38 heavy (non-hydrogen) atoms. The molecular formula is C30H38ClN3O4. The highest BCUT2D eigenvalue weighted by molar-refractivity contribution is 6.34. The fourth-order valence-corrected chi connectivity index (χ4v) is 4.29. The molecule has 2 unspecified atom stereocenters. The van der Waals surface area contributed by atoms with Gasteiger partial charge >= 0.3 is 6.09 Å². The van der Waals surface area contributed by atoms with Crippen LogP contribution in [0.5, 0.6) is 0 Å². The molecule has 3 amide bonds. The fraction of sp³-hybridized carbons (Fsp3) is 0.433. The van der Waals surface area contributed by atoms with Gasteiger partial charge in [-0.25, -0.2) is 4.79 Å². The monoisotopic (exact) mass is 539 g/mol. The maximum Gasteiger partial charge on any atom is 0.408 e. The van der Waals surface area contributed by atoms with E-state index in [0.29, 0.717) is 28.3 Å². The van der Waals surface area contributed by atoms with Gasteiger partial charge in [0.15, 0.2) is 0 Å². The van der Waals surface area contributed by atoms with E-state index in [1.54, 1.807) is 64.1 Å². The number of halogens is 1. The quantitative estimate of drug-likeness (QED) is 0.377. The Morgan fingerprint density at radius 2 is 1.74 bits per heavy atom. The Morgan fingerprint density at radius 3 is 2.24 bits per heavy atom. The van der Waals surface area contributed by atoms with E-state index in [1.165, 1.54) is 4.90 Å². The van der Waals surface area contributed by atoms with Gasteiger partial charge in [-0.15, -0.1) is 6.42 Å². The summed E-state index contributed by atoms with van der Waals surface area (Å²) in [5.41, 5.74) is 1.74. The summed E-state index contributed by atoms with van der Waals surface area (Å²) in [5.74, 6) is 1.81. The number of ether oxygens (including phenoxy) is 1. The smallest absolute Gasteiger partial charge is 0.408 e. The Balaban J connectivity index is 2.51. The zero-order valence-corrected chi connectivity index (χ0v) is 24.0. The van der Waals surface area contributed by atoms with Crippen LogP contribution in [0.3, 0.4) is 0 Å². The highest BCUT2D eigenvalue weighted by Gasteiger charge is 2.36. The molecule has 2 aromatic rings. The van der Waals surface area contributed by atoms with Gasteiger partial charge in [0.05, 0.1) is 10.7 Å².